The van der Waals surface area contributed by atoms with Crippen molar-refractivity contribution in [3.63, 3.8) is 0 Å². The molecule has 0 aliphatic carbocycles. The molecule has 218 valence electrons. The van der Waals surface area contributed by atoms with Gasteiger partial charge in [-0.2, -0.15) is 0 Å². The van der Waals surface area contributed by atoms with Gasteiger partial charge in [0.05, 0.1) is 5.56 Å². The van der Waals surface area contributed by atoms with E-state index in [0.717, 1.165) is 34.9 Å². The number of benzene rings is 4. The summed E-state index contributed by atoms with van der Waals surface area (Å²) in [5.41, 5.74) is 4.33. The second-order valence-corrected chi connectivity index (χ2v) is 10.1. The maximum absolute atomic E-state index is 13.6. The zero-order valence-corrected chi connectivity index (χ0v) is 23.1. The van der Waals surface area contributed by atoms with E-state index < -0.39 is 23.6 Å². The van der Waals surface area contributed by atoms with Crippen molar-refractivity contribution in [2.75, 3.05) is 13.1 Å². The summed E-state index contributed by atoms with van der Waals surface area (Å²) >= 11 is 0. The van der Waals surface area contributed by atoms with E-state index >= 15 is 0 Å². The van der Waals surface area contributed by atoms with E-state index in [1.807, 2.05) is 48.5 Å². The van der Waals surface area contributed by atoms with E-state index in [1.165, 1.54) is 12.1 Å². The third-order valence-electron chi connectivity index (χ3n) is 6.94. The van der Waals surface area contributed by atoms with Crippen LogP contribution in [0.1, 0.15) is 46.3 Å². The number of aromatic carboxylic acids is 1. The molecule has 42 heavy (non-hydrogen) atoms. The number of rotatable bonds is 15. The van der Waals surface area contributed by atoms with Crippen molar-refractivity contribution in [1.29, 1.82) is 0 Å². The molecule has 0 saturated heterocycles. The highest BCUT2D eigenvalue weighted by Crippen LogP contribution is 2.24. The first-order valence-electron chi connectivity index (χ1n) is 13.8. The molecule has 0 atom stereocenters. The maximum atomic E-state index is 13.6. The average molecular weight is 574 g/mol. The lowest BCUT2D eigenvalue weighted by atomic mass is 10.0. The van der Waals surface area contributed by atoms with Crippen LogP contribution in [0.3, 0.4) is 0 Å². The number of halogens is 2. The minimum atomic E-state index is -0.971. The van der Waals surface area contributed by atoms with Gasteiger partial charge in [0.15, 0.2) is 0 Å². The van der Waals surface area contributed by atoms with Crippen molar-refractivity contribution >= 4 is 11.9 Å². The van der Waals surface area contributed by atoms with Crippen LogP contribution in [0.2, 0.25) is 0 Å². The van der Waals surface area contributed by atoms with Gasteiger partial charge in [-0.15, -0.1) is 0 Å². The van der Waals surface area contributed by atoms with Crippen molar-refractivity contribution in [2.45, 2.75) is 38.8 Å². The minimum absolute atomic E-state index is 0.123. The van der Waals surface area contributed by atoms with Gasteiger partial charge in [-0.05, 0) is 84.0 Å². The molecule has 0 aliphatic rings. The fourth-order valence-electron chi connectivity index (χ4n) is 4.70. The Labute approximate surface area is 243 Å². The molecule has 0 fully saturated rings. The number of unbranched alkanes of at least 4 members (excludes halogenated alkanes) is 1. The number of aliphatic carboxylic acids is 1. The number of carboxylic acid groups (broad SMARTS) is 2. The second-order valence-electron chi connectivity index (χ2n) is 10.1. The average Bonchev–Trinajstić information content (AvgIpc) is 2.97. The first-order valence-corrected chi connectivity index (χ1v) is 13.8. The fourth-order valence-corrected chi connectivity index (χ4v) is 4.70. The zero-order valence-electron chi connectivity index (χ0n) is 23.1. The molecule has 0 aromatic heterocycles. The largest absolute Gasteiger partial charge is 0.489 e. The number of para-hydroxylation sites is 1. The Morgan fingerprint density at radius 3 is 2.07 bits per heavy atom. The molecular weight excluding hydrogens is 540 g/mol. The fraction of sp³-hybridized carbons (Fsp3) is 0.235. The number of hydrogen-bond donors (Lipinski definition) is 2. The lowest BCUT2D eigenvalue weighted by molar-refractivity contribution is -0.137. The van der Waals surface area contributed by atoms with Crippen molar-refractivity contribution in [3.8, 4) is 16.9 Å². The van der Waals surface area contributed by atoms with Gasteiger partial charge in [0.25, 0.3) is 0 Å². The summed E-state index contributed by atoms with van der Waals surface area (Å²) in [5.74, 6) is -2.27. The van der Waals surface area contributed by atoms with E-state index in [2.05, 4.69) is 4.90 Å². The Hall–Kier alpha value is -4.56. The van der Waals surface area contributed by atoms with Crippen LogP contribution in [0.5, 0.6) is 5.75 Å². The van der Waals surface area contributed by atoms with E-state index in [-0.39, 0.29) is 12.0 Å². The Morgan fingerprint density at radius 2 is 1.40 bits per heavy atom. The lowest BCUT2D eigenvalue weighted by Crippen LogP contribution is -2.27. The predicted molar refractivity (Wildman–Crippen MR) is 156 cm³/mol. The molecule has 6 nitrogen and oxygen atoms in total. The Kier molecular flexibility index (Phi) is 10.8. The van der Waals surface area contributed by atoms with Crippen LogP contribution in [-0.2, 0) is 24.4 Å². The zero-order chi connectivity index (χ0) is 29.9. The first-order chi connectivity index (χ1) is 20.3. The molecule has 2 N–H and O–H groups in total. The molecule has 0 saturated carbocycles. The van der Waals surface area contributed by atoms with Crippen LogP contribution in [0.25, 0.3) is 11.1 Å². The molecule has 8 heteroatoms. The van der Waals surface area contributed by atoms with E-state index in [1.54, 1.807) is 24.3 Å². The highest BCUT2D eigenvalue weighted by molar-refractivity contribution is 5.87. The van der Waals surface area contributed by atoms with Gasteiger partial charge < -0.3 is 14.9 Å². The van der Waals surface area contributed by atoms with Crippen LogP contribution in [0.4, 0.5) is 8.78 Å². The Balaban J connectivity index is 1.38. The standard InChI is InChI=1S/C34H33F2NO5/c35-30-19-29(20-31(36)21-30)26-12-10-25(11-13-26)23-42-32-6-2-1-5-27(32)16-18-37(17-4-3-7-33(38)39)22-24-8-14-28(15-9-24)34(40)41/h1-2,5-6,8-15,19-21H,3-4,7,16-18,22-23H2,(H,38,39)(H,40,41). The molecule has 4 aromatic rings. The van der Waals surface area contributed by atoms with Gasteiger partial charge in [-0.1, -0.05) is 54.6 Å². The smallest absolute Gasteiger partial charge is 0.335 e. The topological polar surface area (TPSA) is 87.1 Å². The summed E-state index contributed by atoms with van der Waals surface area (Å²) < 4.78 is 33.4. The van der Waals surface area contributed by atoms with Crippen LogP contribution >= 0.6 is 0 Å². The highest BCUT2D eigenvalue weighted by atomic mass is 19.1. The third kappa shape index (κ3) is 9.24. The van der Waals surface area contributed by atoms with E-state index in [4.69, 9.17) is 9.84 Å². The van der Waals surface area contributed by atoms with Crippen LogP contribution in [0.15, 0.2) is 91.0 Å². The molecule has 0 bridgehead atoms. The summed E-state index contributed by atoms with van der Waals surface area (Å²) in [6, 6.07) is 25.4. The normalized spacial score (nSPS) is 11.0. The SMILES string of the molecule is O=C(O)CCCCN(CCc1ccccc1OCc1ccc(-c2cc(F)cc(F)c2)cc1)Cc1ccc(C(=O)O)cc1. The molecule has 0 radical (unpaired) electrons. The van der Waals surface area contributed by atoms with Gasteiger partial charge in [0.2, 0.25) is 0 Å². The van der Waals surface area contributed by atoms with Gasteiger partial charge in [0, 0.05) is 25.6 Å². The summed E-state index contributed by atoms with van der Waals surface area (Å²) in [7, 11) is 0. The van der Waals surface area contributed by atoms with E-state index in [0.29, 0.717) is 50.2 Å². The molecule has 4 aromatic carbocycles. The molecule has 0 heterocycles. The quantitative estimate of drug-likeness (QED) is 0.146. The first kappa shape index (κ1) is 30.4. The number of nitrogens with zero attached hydrogens (tertiary/aromatic N) is 1. The number of carbonyl (C=O) groups is 2. The maximum Gasteiger partial charge on any atom is 0.335 e. The third-order valence-corrected chi connectivity index (χ3v) is 6.94. The van der Waals surface area contributed by atoms with Crippen molar-refractivity contribution in [2.24, 2.45) is 0 Å². The number of carboxylic acids is 2. The molecule has 0 amide bonds. The highest BCUT2D eigenvalue weighted by Gasteiger charge is 2.12. The summed E-state index contributed by atoms with van der Waals surface area (Å²) in [4.78, 5) is 24.4. The van der Waals surface area contributed by atoms with Gasteiger partial charge in [-0.3, -0.25) is 9.69 Å². The van der Waals surface area contributed by atoms with Gasteiger partial charge >= 0.3 is 11.9 Å². The molecule has 0 spiro atoms. The number of hydrogen-bond acceptors (Lipinski definition) is 4. The second kappa shape index (κ2) is 14.9. The lowest BCUT2D eigenvalue weighted by Gasteiger charge is -2.23. The Morgan fingerprint density at radius 1 is 0.738 bits per heavy atom. The van der Waals surface area contributed by atoms with Crippen LogP contribution in [-0.4, -0.2) is 40.1 Å². The molecule has 0 aliphatic heterocycles. The van der Waals surface area contributed by atoms with Crippen molar-refractivity contribution in [1.82, 2.24) is 4.90 Å². The molecule has 4 rings (SSSR count). The molecular formula is C34H33F2NO5. The van der Waals surface area contributed by atoms with Crippen LogP contribution in [0, 0.1) is 11.6 Å². The Bertz CT molecular complexity index is 1470. The summed E-state index contributed by atoms with van der Waals surface area (Å²) in [6.07, 6.45) is 2.14. The van der Waals surface area contributed by atoms with Crippen LogP contribution < -0.4 is 4.74 Å². The minimum Gasteiger partial charge on any atom is -0.489 e. The molecule has 0 unspecified atom stereocenters. The number of ether oxygens (including phenoxy) is 1. The summed E-state index contributed by atoms with van der Waals surface area (Å²) in [6.45, 7) is 2.34. The monoisotopic (exact) mass is 573 g/mol. The van der Waals surface area contributed by atoms with E-state index in [9.17, 15) is 23.5 Å². The van der Waals surface area contributed by atoms with Gasteiger partial charge in [0.1, 0.15) is 24.0 Å². The summed E-state index contributed by atoms with van der Waals surface area (Å²) in [5, 5.41) is 18.2. The predicted octanol–water partition coefficient (Wildman–Crippen LogP) is 7.21. The van der Waals surface area contributed by atoms with Crippen molar-refractivity contribution in [3.05, 3.63) is 125 Å². The van der Waals surface area contributed by atoms with Crippen molar-refractivity contribution < 1.29 is 33.3 Å². The van der Waals surface area contributed by atoms with Gasteiger partial charge in [-0.25, -0.2) is 13.6 Å².